The van der Waals surface area contributed by atoms with Gasteiger partial charge in [0.05, 0.1) is 5.75 Å². The molecule has 0 atom stereocenters. The van der Waals surface area contributed by atoms with Gasteiger partial charge in [0.2, 0.25) is 17.8 Å². The molecular weight excluding hydrogens is 404 g/mol. The molecule has 11 heteroatoms. The summed E-state index contributed by atoms with van der Waals surface area (Å²) in [7, 11) is -2.97. The minimum atomic E-state index is -2.97. The Hall–Kier alpha value is -1.72. The van der Waals surface area contributed by atoms with Crippen LogP contribution in [0.4, 0.5) is 17.8 Å². The van der Waals surface area contributed by atoms with Gasteiger partial charge in [-0.3, -0.25) is 0 Å². The SMILES string of the molecule is CCN(CC)CCNc1nc(NCCCS(C)(=O)=O)nc(NCCN(CC)CC)n1. The van der Waals surface area contributed by atoms with E-state index in [0.717, 1.165) is 52.4 Å². The van der Waals surface area contributed by atoms with Crippen molar-refractivity contribution in [2.75, 3.05) is 86.9 Å². The summed E-state index contributed by atoms with van der Waals surface area (Å²) in [6.45, 7) is 16.3. The molecule has 174 valence electrons. The van der Waals surface area contributed by atoms with Crippen molar-refractivity contribution in [3.63, 3.8) is 0 Å². The maximum Gasteiger partial charge on any atom is 0.229 e. The molecule has 0 amide bonds. The molecule has 0 radical (unpaired) electrons. The van der Waals surface area contributed by atoms with E-state index in [1.54, 1.807) is 0 Å². The minimum absolute atomic E-state index is 0.134. The standard InChI is InChI=1S/C19H40N8O2S/c1-6-26(7-2)14-12-21-18-23-17(20-11-10-16-30(5,28)29)24-19(25-18)22-13-15-27(8-3)9-4/h6-16H2,1-5H3,(H3,20,21,22,23,24,25). The molecule has 1 aromatic heterocycles. The van der Waals surface area contributed by atoms with E-state index in [4.69, 9.17) is 0 Å². The van der Waals surface area contributed by atoms with Gasteiger partial charge >= 0.3 is 0 Å². The molecule has 30 heavy (non-hydrogen) atoms. The molecule has 1 rings (SSSR count). The molecule has 10 nitrogen and oxygen atoms in total. The van der Waals surface area contributed by atoms with Crippen molar-refractivity contribution in [3.8, 4) is 0 Å². The number of aromatic nitrogens is 3. The lowest BCUT2D eigenvalue weighted by Crippen LogP contribution is -2.30. The highest BCUT2D eigenvalue weighted by Crippen LogP contribution is 2.09. The first kappa shape index (κ1) is 26.3. The molecule has 0 unspecified atom stereocenters. The Kier molecular flexibility index (Phi) is 12.6. The van der Waals surface area contributed by atoms with Gasteiger partial charge in [-0.15, -0.1) is 0 Å². The van der Waals surface area contributed by atoms with Crippen LogP contribution in [0, 0.1) is 0 Å². The fourth-order valence-electron chi connectivity index (χ4n) is 2.88. The van der Waals surface area contributed by atoms with E-state index in [-0.39, 0.29) is 5.75 Å². The molecule has 0 aliphatic rings. The first-order valence-corrected chi connectivity index (χ1v) is 13.0. The molecule has 0 aromatic carbocycles. The number of hydrogen-bond acceptors (Lipinski definition) is 10. The average molecular weight is 445 g/mol. The van der Waals surface area contributed by atoms with Crippen LogP contribution in [0.3, 0.4) is 0 Å². The maximum absolute atomic E-state index is 11.3. The second kappa shape index (κ2) is 14.3. The number of nitrogens with one attached hydrogen (secondary N) is 3. The minimum Gasteiger partial charge on any atom is -0.354 e. The van der Waals surface area contributed by atoms with Crippen LogP contribution in [0.2, 0.25) is 0 Å². The molecule has 0 aliphatic carbocycles. The van der Waals surface area contributed by atoms with Crippen LogP contribution >= 0.6 is 0 Å². The summed E-state index contributed by atoms with van der Waals surface area (Å²) >= 11 is 0. The monoisotopic (exact) mass is 444 g/mol. The summed E-state index contributed by atoms with van der Waals surface area (Å²) in [5.74, 6) is 1.59. The predicted octanol–water partition coefficient (Wildman–Crippen LogP) is 1.23. The number of hydrogen-bond donors (Lipinski definition) is 3. The maximum atomic E-state index is 11.3. The number of anilines is 3. The van der Waals surface area contributed by atoms with E-state index in [1.165, 1.54) is 6.26 Å². The number of likely N-dealkylation sites (N-methyl/N-ethyl adjacent to an activating group) is 2. The summed E-state index contributed by atoms with van der Waals surface area (Å²) in [6, 6.07) is 0. The number of sulfone groups is 1. The Morgan fingerprint density at radius 2 is 1.07 bits per heavy atom. The van der Waals surface area contributed by atoms with E-state index in [2.05, 4.69) is 68.4 Å². The van der Waals surface area contributed by atoms with Crippen molar-refractivity contribution in [2.45, 2.75) is 34.1 Å². The molecule has 0 spiro atoms. The molecule has 0 fully saturated rings. The normalized spacial score (nSPS) is 11.8. The van der Waals surface area contributed by atoms with Crippen molar-refractivity contribution in [1.82, 2.24) is 24.8 Å². The zero-order valence-electron chi connectivity index (χ0n) is 19.2. The highest BCUT2D eigenvalue weighted by molar-refractivity contribution is 7.90. The Bertz CT molecular complexity index is 658. The zero-order chi connectivity index (χ0) is 22.4. The Balaban J connectivity index is 2.73. The average Bonchev–Trinajstić information content (AvgIpc) is 2.71. The summed E-state index contributed by atoms with van der Waals surface area (Å²) in [5, 5.41) is 9.65. The molecule has 0 saturated carbocycles. The smallest absolute Gasteiger partial charge is 0.229 e. The topological polar surface area (TPSA) is 115 Å². The highest BCUT2D eigenvalue weighted by atomic mass is 32.2. The van der Waals surface area contributed by atoms with E-state index >= 15 is 0 Å². The van der Waals surface area contributed by atoms with Crippen molar-refractivity contribution >= 4 is 27.7 Å². The van der Waals surface area contributed by atoms with Crippen LogP contribution in [0.15, 0.2) is 0 Å². The predicted molar refractivity (Wildman–Crippen MR) is 125 cm³/mol. The second-order valence-electron chi connectivity index (χ2n) is 7.12. The van der Waals surface area contributed by atoms with Gasteiger partial charge in [-0.25, -0.2) is 8.42 Å². The summed E-state index contributed by atoms with van der Waals surface area (Å²) in [6.07, 6.45) is 1.74. The van der Waals surface area contributed by atoms with Gasteiger partial charge in [0.25, 0.3) is 0 Å². The number of rotatable bonds is 17. The van der Waals surface area contributed by atoms with Crippen LogP contribution in [0.1, 0.15) is 34.1 Å². The Labute approximate surface area is 182 Å². The van der Waals surface area contributed by atoms with Gasteiger partial charge in [-0.05, 0) is 32.6 Å². The third-order valence-electron chi connectivity index (χ3n) is 4.82. The zero-order valence-corrected chi connectivity index (χ0v) is 20.1. The third-order valence-corrected chi connectivity index (χ3v) is 5.85. The summed E-state index contributed by atoms with van der Waals surface area (Å²) < 4.78 is 22.6. The van der Waals surface area contributed by atoms with E-state index in [1.807, 2.05) is 0 Å². The lowest BCUT2D eigenvalue weighted by molar-refractivity contribution is 0.315. The molecule has 3 N–H and O–H groups in total. The van der Waals surface area contributed by atoms with Crippen molar-refractivity contribution in [3.05, 3.63) is 0 Å². The quantitative estimate of drug-likeness (QED) is 0.303. The van der Waals surface area contributed by atoms with Crippen LogP contribution in [0.5, 0.6) is 0 Å². The molecule has 0 saturated heterocycles. The van der Waals surface area contributed by atoms with Crippen molar-refractivity contribution in [2.24, 2.45) is 0 Å². The lowest BCUT2D eigenvalue weighted by atomic mass is 10.4. The van der Waals surface area contributed by atoms with E-state index < -0.39 is 9.84 Å². The molecule has 0 bridgehead atoms. The first-order chi connectivity index (χ1) is 14.3. The van der Waals surface area contributed by atoms with Crippen LogP contribution in [-0.4, -0.2) is 104 Å². The molecule has 1 aromatic rings. The van der Waals surface area contributed by atoms with Gasteiger partial charge < -0.3 is 25.8 Å². The van der Waals surface area contributed by atoms with E-state index in [0.29, 0.717) is 30.8 Å². The summed E-state index contributed by atoms with van der Waals surface area (Å²) in [5.41, 5.74) is 0. The van der Waals surface area contributed by atoms with Gasteiger partial charge in [0.1, 0.15) is 9.84 Å². The first-order valence-electron chi connectivity index (χ1n) is 10.9. The van der Waals surface area contributed by atoms with Gasteiger partial charge in [-0.1, -0.05) is 27.7 Å². The van der Waals surface area contributed by atoms with Crippen molar-refractivity contribution < 1.29 is 8.42 Å². The van der Waals surface area contributed by atoms with Crippen molar-refractivity contribution in [1.29, 1.82) is 0 Å². The van der Waals surface area contributed by atoms with Crippen LogP contribution < -0.4 is 16.0 Å². The van der Waals surface area contributed by atoms with Gasteiger partial charge in [-0.2, -0.15) is 15.0 Å². The van der Waals surface area contributed by atoms with E-state index in [9.17, 15) is 8.42 Å². The van der Waals surface area contributed by atoms with Gasteiger partial charge in [0, 0.05) is 39.0 Å². The fraction of sp³-hybridized carbons (Fsp3) is 0.842. The summed E-state index contributed by atoms with van der Waals surface area (Å²) in [4.78, 5) is 18.0. The fourth-order valence-corrected chi connectivity index (χ4v) is 3.55. The number of nitrogens with zero attached hydrogens (tertiary/aromatic N) is 5. The van der Waals surface area contributed by atoms with Crippen LogP contribution in [0.25, 0.3) is 0 Å². The molecule has 0 aliphatic heterocycles. The van der Waals surface area contributed by atoms with Crippen LogP contribution in [-0.2, 0) is 9.84 Å². The Morgan fingerprint density at radius 1 is 0.700 bits per heavy atom. The third kappa shape index (κ3) is 11.5. The molecular formula is C19H40N8O2S. The largest absolute Gasteiger partial charge is 0.354 e. The molecule has 1 heterocycles. The highest BCUT2D eigenvalue weighted by Gasteiger charge is 2.08. The second-order valence-corrected chi connectivity index (χ2v) is 9.38. The Morgan fingerprint density at radius 3 is 1.40 bits per heavy atom. The lowest BCUT2D eigenvalue weighted by Gasteiger charge is -2.19. The van der Waals surface area contributed by atoms with Gasteiger partial charge in [0.15, 0.2) is 0 Å².